The highest BCUT2D eigenvalue weighted by Crippen LogP contribution is 2.15. The molecule has 0 atom stereocenters. The Labute approximate surface area is 94.9 Å². The molecular weight excluding hydrogens is 202 g/mol. The normalized spacial score (nSPS) is 10.1. The van der Waals surface area contributed by atoms with Crippen LogP contribution in [-0.2, 0) is 13.6 Å². The maximum atomic E-state index is 5.10. The molecule has 1 aromatic heterocycles. The zero-order valence-corrected chi connectivity index (χ0v) is 9.47. The van der Waals surface area contributed by atoms with Gasteiger partial charge in [-0.05, 0) is 30.3 Å². The second kappa shape index (κ2) is 4.70. The number of methoxy groups -OCH3 is 1. The van der Waals surface area contributed by atoms with Crippen LogP contribution in [0.1, 0.15) is 5.69 Å². The van der Waals surface area contributed by atoms with Crippen LogP contribution in [0.4, 0.5) is 5.69 Å². The number of rotatable bonds is 4. The Morgan fingerprint density at radius 1 is 1.25 bits per heavy atom. The Hall–Kier alpha value is -1.97. The lowest BCUT2D eigenvalue weighted by Crippen LogP contribution is -2.05. The fraction of sp³-hybridized carbons (Fsp3) is 0.250. The van der Waals surface area contributed by atoms with Crippen LogP contribution in [0.5, 0.6) is 5.75 Å². The van der Waals surface area contributed by atoms with Gasteiger partial charge in [0.1, 0.15) is 5.75 Å². The van der Waals surface area contributed by atoms with Crippen molar-refractivity contribution in [2.75, 3.05) is 12.4 Å². The molecule has 0 amide bonds. The monoisotopic (exact) mass is 217 g/mol. The molecule has 0 saturated carbocycles. The van der Waals surface area contributed by atoms with Crippen molar-refractivity contribution in [2.45, 2.75) is 6.54 Å². The van der Waals surface area contributed by atoms with Crippen molar-refractivity contribution in [1.29, 1.82) is 0 Å². The second-order valence-corrected chi connectivity index (χ2v) is 3.53. The Morgan fingerprint density at radius 2 is 2.00 bits per heavy atom. The van der Waals surface area contributed by atoms with E-state index in [-0.39, 0.29) is 0 Å². The lowest BCUT2D eigenvalue weighted by atomic mass is 10.3. The van der Waals surface area contributed by atoms with Crippen LogP contribution in [0.15, 0.2) is 36.5 Å². The van der Waals surface area contributed by atoms with E-state index in [0.29, 0.717) is 0 Å². The van der Waals surface area contributed by atoms with E-state index in [1.165, 1.54) is 0 Å². The first-order valence-electron chi connectivity index (χ1n) is 5.14. The largest absolute Gasteiger partial charge is 0.497 e. The van der Waals surface area contributed by atoms with Crippen molar-refractivity contribution in [3.8, 4) is 5.75 Å². The summed E-state index contributed by atoms with van der Waals surface area (Å²) in [5, 5.41) is 7.44. The minimum Gasteiger partial charge on any atom is -0.497 e. The second-order valence-electron chi connectivity index (χ2n) is 3.53. The van der Waals surface area contributed by atoms with Crippen molar-refractivity contribution < 1.29 is 4.74 Å². The molecule has 0 bridgehead atoms. The van der Waals surface area contributed by atoms with E-state index in [0.717, 1.165) is 23.7 Å². The van der Waals surface area contributed by atoms with E-state index >= 15 is 0 Å². The van der Waals surface area contributed by atoms with E-state index in [1.54, 1.807) is 13.3 Å². The summed E-state index contributed by atoms with van der Waals surface area (Å²) in [6.45, 7) is 0.767. The molecule has 0 radical (unpaired) electrons. The molecule has 1 aromatic carbocycles. The van der Waals surface area contributed by atoms with Gasteiger partial charge in [0.15, 0.2) is 0 Å². The molecule has 1 N–H and O–H groups in total. The van der Waals surface area contributed by atoms with Gasteiger partial charge in [0.25, 0.3) is 0 Å². The van der Waals surface area contributed by atoms with Crippen molar-refractivity contribution >= 4 is 5.69 Å². The molecule has 0 aliphatic rings. The standard InChI is InChI=1S/C12H15N3O/c1-15-11(7-8-14-15)9-13-10-3-5-12(16-2)6-4-10/h3-8,13H,9H2,1-2H3. The third-order valence-corrected chi connectivity index (χ3v) is 2.49. The van der Waals surface area contributed by atoms with Crippen LogP contribution in [0, 0.1) is 0 Å². The Bertz CT molecular complexity index is 448. The average Bonchev–Trinajstić information content (AvgIpc) is 2.73. The zero-order valence-electron chi connectivity index (χ0n) is 9.47. The number of benzene rings is 1. The van der Waals surface area contributed by atoms with E-state index in [1.807, 2.05) is 42.1 Å². The highest BCUT2D eigenvalue weighted by atomic mass is 16.5. The minimum absolute atomic E-state index is 0.767. The highest BCUT2D eigenvalue weighted by molar-refractivity contribution is 5.46. The van der Waals surface area contributed by atoms with Crippen molar-refractivity contribution in [2.24, 2.45) is 7.05 Å². The third-order valence-electron chi connectivity index (χ3n) is 2.49. The van der Waals surface area contributed by atoms with Crippen LogP contribution >= 0.6 is 0 Å². The number of nitrogens with zero attached hydrogens (tertiary/aromatic N) is 2. The van der Waals surface area contributed by atoms with Crippen molar-refractivity contribution in [3.63, 3.8) is 0 Å². The zero-order chi connectivity index (χ0) is 11.4. The van der Waals surface area contributed by atoms with E-state index in [2.05, 4.69) is 10.4 Å². The van der Waals surface area contributed by atoms with Gasteiger partial charge in [-0.1, -0.05) is 0 Å². The Morgan fingerprint density at radius 3 is 2.56 bits per heavy atom. The summed E-state index contributed by atoms with van der Waals surface area (Å²) in [6.07, 6.45) is 1.80. The van der Waals surface area contributed by atoms with Gasteiger partial charge >= 0.3 is 0 Å². The number of anilines is 1. The summed E-state index contributed by atoms with van der Waals surface area (Å²) >= 11 is 0. The maximum Gasteiger partial charge on any atom is 0.119 e. The summed E-state index contributed by atoms with van der Waals surface area (Å²) in [5.74, 6) is 0.867. The molecule has 4 nitrogen and oxygen atoms in total. The SMILES string of the molecule is COc1ccc(NCc2ccnn2C)cc1. The molecule has 1 heterocycles. The molecule has 0 aliphatic carbocycles. The van der Waals surface area contributed by atoms with Gasteiger partial charge in [-0.2, -0.15) is 5.10 Å². The molecule has 16 heavy (non-hydrogen) atoms. The molecule has 84 valence electrons. The Balaban J connectivity index is 1.97. The molecule has 4 heteroatoms. The summed E-state index contributed by atoms with van der Waals surface area (Å²) in [5.41, 5.74) is 2.22. The smallest absolute Gasteiger partial charge is 0.119 e. The first kappa shape index (κ1) is 10.5. The number of hydrogen-bond acceptors (Lipinski definition) is 3. The van der Waals surface area contributed by atoms with Gasteiger partial charge in [-0.3, -0.25) is 4.68 Å². The predicted molar refractivity (Wildman–Crippen MR) is 63.5 cm³/mol. The molecule has 0 aliphatic heterocycles. The number of aromatic nitrogens is 2. The minimum atomic E-state index is 0.767. The molecule has 0 unspecified atom stereocenters. The van der Waals surface area contributed by atoms with Gasteiger partial charge in [0, 0.05) is 18.9 Å². The average molecular weight is 217 g/mol. The number of hydrogen-bond donors (Lipinski definition) is 1. The van der Waals surface area contributed by atoms with E-state index in [9.17, 15) is 0 Å². The fourth-order valence-corrected chi connectivity index (χ4v) is 1.48. The van der Waals surface area contributed by atoms with Crippen LogP contribution in [0.2, 0.25) is 0 Å². The van der Waals surface area contributed by atoms with Crippen LogP contribution in [0.25, 0.3) is 0 Å². The first-order valence-corrected chi connectivity index (χ1v) is 5.14. The maximum absolute atomic E-state index is 5.10. The molecule has 2 aromatic rings. The first-order chi connectivity index (χ1) is 7.79. The summed E-state index contributed by atoms with van der Waals surface area (Å²) in [7, 11) is 3.60. The summed E-state index contributed by atoms with van der Waals surface area (Å²) in [6, 6.07) is 9.86. The van der Waals surface area contributed by atoms with Gasteiger partial charge in [-0.15, -0.1) is 0 Å². The lowest BCUT2D eigenvalue weighted by molar-refractivity contribution is 0.415. The number of aryl methyl sites for hydroxylation is 1. The van der Waals surface area contributed by atoms with Gasteiger partial charge in [0.2, 0.25) is 0 Å². The molecular formula is C12H15N3O. The third kappa shape index (κ3) is 2.34. The summed E-state index contributed by atoms with van der Waals surface area (Å²) in [4.78, 5) is 0. The van der Waals surface area contributed by atoms with Crippen LogP contribution in [-0.4, -0.2) is 16.9 Å². The Kier molecular flexibility index (Phi) is 3.10. The van der Waals surface area contributed by atoms with Gasteiger partial charge in [-0.25, -0.2) is 0 Å². The van der Waals surface area contributed by atoms with Crippen molar-refractivity contribution in [3.05, 3.63) is 42.2 Å². The number of nitrogens with one attached hydrogen (secondary N) is 1. The van der Waals surface area contributed by atoms with E-state index < -0.39 is 0 Å². The van der Waals surface area contributed by atoms with Crippen LogP contribution < -0.4 is 10.1 Å². The number of ether oxygens (including phenoxy) is 1. The van der Waals surface area contributed by atoms with E-state index in [4.69, 9.17) is 4.74 Å². The molecule has 2 rings (SSSR count). The molecule has 0 saturated heterocycles. The predicted octanol–water partition coefficient (Wildman–Crippen LogP) is 2.04. The molecule has 0 spiro atoms. The fourth-order valence-electron chi connectivity index (χ4n) is 1.48. The van der Waals surface area contributed by atoms with Gasteiger partial charge < -0.3 is 10.1 Å². The van der Waals surface area contributed by atoms with Gasteiger partial charge in [0.05, 0.1) is 19.3 Å². The van der Waals surface area contributed by atoms with Crippen LogP contribution in [0.3, 0.4) is 0 Å². The summed E-state index contributed by atoms with van der Waals surface area (Å²) < 4.78 is 6.95. The molecule has 0 fully saturated rings. The van der Waals surface area contributed by atoms with Crippen molar-refractivity contribution in [1.82, 2.24) is 9.78 Å². The lowest BCUT2D eigenvalue weighted by Gasteiger charge is -2.07. The highest BCUT2D eigenvalue weighted by Gasteiger charge is 1.98. The topological polar surface area (TPSA) is 39.1 Å². The quantitative estimate of drug-likeness (QED) is 0.851.